The average Bonchev–Trinajstić information content (AvgIpc) is 2.72. The van der Waals surface area contributed by atoms with Gasteiger partial charge in [0.1, 0.15) is 0 Å². The van der Waals surface area contributed by atoms with Gasteiger partial charge in [0.2, 0.25) is 10.0 Å². The summed E-state index contributed by atoms with van der Waals surface area (Å²) >= 11 is 0. The number of nitrogens with two attached hydrogens (primary N) is 2. The highest BCUT2D eigenvalue weighted by Gasteiger charge is 2.23. The third-order valence-corrected chi connectivity index (χ3v) is 4.86. The molecule has 1 aliphatic rings. The van der Waals surface area contributed by atoms with E-state index in [9.17, 15) is 8.42 Å². The van der Waals surface area contributed by atoms with Crippen molar-refractivity contribution < 1.29 is 8.42 Å². The first kappa shape index (κ1) is 14.1. The summed E-state index contributed by atoms with van der Waals surface area (Å²) in [5.74, 6) is 1.33. The molecular formula is C13H21N3O2S. The van der Waals surface area contributed by atoms with Crippen LogP contribution in [0.25, 0.3) is 0 Å². The van der Waals surface area contributed by atoms with Gasteiger partial charge in [-0.15, -0.1) is 0 Å². The van der Waals surface area contributed by atoms with Gasteiger partial charge in [-0.1, -0.05) is 19.8 Å². The van der Waals surface area contributed by atoms with Crippen LogP contribution in [0.2, 0.25) is 0 Å². The van der Waals surface area contributed by atoms with E-state index >= 15 is 0 Å². The normalized spacial score (nSPS) is 23.5. The van der Waals surface area contributed by atoms with E-state index in [1.807, 2.05) is 0 Å². The molecule has 2 rings (SSSR count). The average molecular weight is 283 g/mol. The van der Waals surface area contributed by atoms with Crippen LogP contribution in [0.3, 0.4) is 0 Å². The Labute approximate surface area is 114 Å². The summed E-state index contributed by atoms with van der Waals surface area (Å²) in [6.45, 7) is 3.07. The number of sulfonamides is 1. The number of hydrogen-bond donors (Lipinski definition) is 3. The van der Waals surface area contributed by atoms with Crippen molar-refractivity contribution in [1.82, 2.24) is 0 Å². The van der Waals surface area contributed by atoms with Gasteiger partial charge in [0, 0.05) is 6.54 Å². The minimum atomic E-state index is -3.69. The van der Waals surface area contributed by atoms with Gasteiger partial charge < -0.3 is 11.1 Å². The first-order chi connectivity index (χ1) is 8.88. The van der Waals surface area contributed by atoms with Gasteiger partial charge in [0.25, 0.3) is 0 Å². The Morgan fingerprint density at radius 3 is 2.68 bits per heavy atom. The predicted molar refractivity (Wildman–Crippen MR) is 77.2 cm³/mol. The summed E-state index contributed by atoms with van der Waals surface area (Å²) in [6, 6.07) is 4.50. The summed E-state index contributed by atoms with van der Waals surface area (Å²) in [7, 11) is -3.69. The second kappa shape index (κ2) is 5.38. The molecule has 6 heteroatoms. The molecule has 0 aromatic heterocycles. The van der Waals surface area contributed by atoms with E-state index in [1.165, 1.54) is 31.4 Å². The van der Waals surface area contributed by atoms with Crippen molar-refractivity contribution in [2.45, 2.75) is 31.1 Å². The lowest BCUT2D eigenvalue weighted by Crippen LogP contribution is -2.18. The van der Waals surface area contributed by atoms with E-state index in [0.717, 1.165) is 6.54 Å². The zero-order chi connectivity index (χ0) is 14.0. The Morgan fingerprint density at radius 2 is 2.11 bits per heavy atom. The summed E-state index contributed by atoms with van der Waals surface area (Å²) in [5, 5.41) is 8.37. The third kappa shape index (κ3) is 3.39. The molecule has 106 valence electrons. The molecule has 1 aromatic rings. The standard InChI is InChI=1S/C13H21N3O2S/c1-9-3-2-4-10(9)8-16-13-7-11(19(15,17)18)5-6-12(13)14/h5-7,9-10,16H,2-4,8,14H2,1H3,(H2,15,17,18). The Hall–Kier alpha value is -1.27. The summed E-state index contributed by atoms with van der Waals surface area (Å²) < 4.78 is 22.6. The van der Waals surface area contributed by atoms with Crippen LogP contribution in [-0.4, -0.2) is 15.0 Å². The van der Waals surface area contributed by atoms with Crippen LogP contribution in [0.1, 0.15) is 26.2 Å². The van der Waals surface area contributed by atoms with Gasteiger partial charge in [0.15, 0.2) is 0 Å². The molecule has 0 aliphatic heterocycles. The molecule has 0 heterocycles. The van der Waals surface area contributed by atoms with Gasteiger partial charge in [-0.25, -0.2) is 13.6 Å². The maximum atomic E-state index is 11.3. The van der Waals surface area contributed by atoms with E-state index in [4.69, 9.17) is 10.9 Å². The molecule has 1 saturated carbocycles. The monoisotopic (exact) mass is 283 g/mol. The number of nitrogens with one attached hydrogen (secondary N) is 1. The number of nitrogen functional groups attached to an aromatic ring is 1. The lowest BCUT2D eigenvalue weighted by Gasteiger charge is -2.18. The first-order valence-electron chi connectivity index (χ1n) is 6.54. The zero-order valence-electron chi connectivity index (χ0n) is 11.1. The quantitative estimate of drug-likeness (QED) is 0.733. The molecule has 5 nitrogen and oxygen atoms in total. The Kier molecular flexibility index (Phi) is 4.01. The molecule has 2 unspecified atom stereocenters. The fourth-order valence-electron chi connectivity index (χ4n) is 2.63. The largest absolute Gasteiger partial charge is 0.397 e. The van der Waals surface area contributed by atoms with Gasteiger partial charge in [-0.3, -0.25) is 0 Å². The summed E-state index contributed by atoms with van der Waals surface area (Å²) in [6.07, 6.45) is 3.74. The molecule has 0 radical (unpaired) electrons. The molecule has 1 aromatic carbocycles. The number of hydrogen-bond acceptors (Lipinski definition) is 4. The second-order valence-electron chi connectivity index (χ2n) is 5.34. The molecule has 0 spiro atoms. The van der Waals surface area contributed by atoms with E-state index in [0.29, 0.717) is 23.2 Å². The SMILES string of the molecule is CC1CCCC1CNc1cc(S(N)(=O)=O)ccc1N. The minimum absolute atomic E-state index is 0.0867. The van der Waals surface area contributed by atoms with Gasteiger partial charge in [-0.2, -0.15) is 0 Å². The Morgan fingerprint density at radius 1 is 1.37 bits per heavy atom. The maximum Gasteiger partial charge on any atom is 0.238 e. The lowest BCUT2D eigenvalue weighted by atomic mass is 9.98. The van der Waals surface area contributed by atoms with E-state index < -0.39 is 10.0 Å². The van der Waals surface area contributed by atoms with E-state index in [2.05, 4.69) is 12.2 Å². The van der Waals surface area contributed by atoms with Crippen molar-refractivity contribution in [3.63, 3.8) is 0 Å². The Bertz CT molecular complexity index is 557. The van der Waals surface area contributed by atoms with Crippen molar-refractivity contribution in [1.29, 1.82) is 0 Å². The van der Waals surface area contributed by atoms with Crippen LogP contribution in [0, 0.1) is 11.8 Å². The molecule has 2 atom stereocenters. The van der Waals surface area contributed by atoms with Crippen LogP contribution in [0.15, 0.2) is 23.1 Å². The van der Waals surface area contributed by atoms with Crippen molar-refractivity contribution in [2.24, 2.45) is 17.0 Å². The number of primary sulfonamides is 1. The third-order valence-electron chi connectivity index (χ3n) is 3.95. The Balaban J connectivity index is 2.11. The lowest BCUT2D eigenvalue weighted by molar-refractivity contribution is 0.440. The molecule has 0 bridgehead atoms. The van der Waals surface area contributed by atoms with Crippen molar-refractivity contribution in [3.8, 4) is 0 Å². The van der Waals surface area contributed by atoms with Crippen LogP contribution in [-0.2, 0) is 10.0 Å². The zero-order valence-corrected chi connectivity index (χ0v) is 11.9. The molecule has 5 N–H and O–H groups in total. The molecule has 1 fully saturated rings. The van der Waals surface area contributed by atoms with Crippen molar-refractivity contribution in [2.75, 3.05) is 17.6 Å². The van der Waals surface area contributed by atoms with E-state index in [-0.39, 0.29) is 4.90 Å². The highest BCUT2D eigenvalue weighted by Crippen LogP contribution is 2.32. The van der Waals surface area contributed by atoms with Gasteiger partial charge in [0.05, 0.1) is 16.3 Å². The van der Waals surface area contributed by atoms with Crippen molar-refractivity contribution >= 4 is 21.4 Å². The minimum Gasteiger partial charge on any atom is -0.397 e. The molecule has 1 aliphatic carbocycles. The number of rotatable bonds is 4. The van der Waals surface area contributed by atoms with Crippen LogP contribution < -0.4 is 16.2 Å². The highest BCUT2D eigenvalue weighted by molar-refractivity contribution is 7.89. The molecular weight excluding hydrogens is 262 g/mol. The van der Waals surface area contributed by atoms with Gasteiger partial charge >= 0.3 is 0 Å². The van der Waals surface area contributed by atoms with Crippen molar-refractivity contribution in [3.05, 3.63) is 18.2 Å². The topological polar surface area (TPSA) is 98.2 Å². The predicted octanol–water partition coefficient (Wildman–Crippen LogP) is 1.76. The molecule has 19 heavy (non-hydrogen) atoms. The second-order valence-corrected chi connectivity index (χ2v) is 6.90. The number of anilines is 2. The molecule has 0 amide bonds. The smallest absolute Gasteiger partial charge is 0.238 e. The maximum absolute atomic E-state index is 11.3. The highest BCUT2D eigenvalue weighted by atomic mass is 32.2. The number of benzene rings is 1. The fourth-order valence-corrected chi connectivity index (χ4v) is 3.17. The van der Waals surface area contributed by atoms with Gasteiger partial charge in [-0.05, 0) is 36.5 Å². The summed E-state index contributed by atoms with van der Waals surface area (Å²) in [5.41, 5.74) is 7.04. The fraction of sp³-hybridized carbons (Fsp3) is 0.538. The van der Waals surface area contributed by atoms with Crippen LogP contribution in [0.4, 0.5) is 11.4 Å². The van der Waals surface area contributed by atoms with Crippen LogP contribution >= 0.6 is 0 Å². The summed E-state index contributed by atoms with van der Waals surface area (Å²) in [4.78, 5) is 0.0867. The molecule has 0 saturated heterocycles. The first-order valence-corrected chi connectivity index (χ1v) is 8.09. The van der Waals surface area contributed by atoms with Crippen LogP contribution in [0.5, 0.6) is 0 Å². The van der Waals surface area contributed by atoms with E-state index in [1.54, 1.807) is 6.07 Å².